The summed E-state index contributed by atoms with van der Waals surface area (Å²) in [4.78, 5) is 7.30. The summed E-state index contributed by atoms with van der Waals surface area (Å²) < 4.78 is 0. The molecule has 2 heterocycles. The molecule has 1 unspecified atom stereocenters. The van der Waals surface area contributed by atoms with Gasteiger partial charge in [-0.1, -0.05) is 54.6 Å². The topological polar surface area (TPSA) is 15.6 Å². The van der Waals surface area contributed by atoms with Crippen LogP contribution < -0.4 is 0 Å². The second kappa shape index (κ2) is 3.70. The van der Waals surface area contributed by atoms with Crippen LogP contribution in [-0.4, -0.2) is 17.3 Å². The zero-order chi connectivity index (χ0) is 11.9. The van der Waals surface area contributed by atoms with Gasteiger partial charge < -0.3 is 4.90 Å². The molecule has 0 fully saturated rings. The van der Waals surface area contributed by atoms with Crippen molar-refractivity contribution in [3.8, 4) is 0 Å². The normalized spacial score (nSPS) is 20.6. The zero-order valence-electron chi connectivity index (χ0n) is 10.1. The van der Waals surface area contributed by atoms with Gasteiger partial charge >= 0.3 is 0 Å². The third kappa shape index (κ3) is 1.39. The largest absolute Gasteiger partial charge is 0.350 e. The van der Waals surface area contributed by atoms with Crippen molar-refractivity contribution in [3.05, 3.63) is 71.3 Å². The fraction of sp³-hybridized carbons (Fsp3) is 0.188. The predicted molar refractivity (Wildman–Crippen MR) is 72.6 cm³/mol. The van der Waals surface area contributed by atoms with E-state index in [0.29, 0.717) is 6.04 Å². The minimum atomic E-state index is 0.301. The van der Waals surface area contributed by atoms with E-state index in [4.69, 9.17) is 4.99 Å². The smallest absolute Gasteiger partial charge is 0.132 e. The van der Waals surface area contributed by atoms with Gasteiger partial charge in [-0.15, -0.1) is 0 Å². The Morgan fingerprint density at radius 3 is 2.61 bits per heavy atom. The lowest BCUT2D eigenvalue weighted by Gasteiger charge is -2.13. The number of hydrogen-bond acceptors (Lipinski definition) is 2. The Morgan fingerprint density at radius 2 is 1.72 bits per heavy atom. The summed E-state index contributed by atoms with van der Waals surface area (Å²) in [7, 11) is 0. The molecule has 0 aromatic heterocycles. The molecule has 0 saturated carbocycles. The Kier molecular flexibility index (Phi) is 2.04. The van der Waals surface area contributed by atoms with Crippen LogP contribution in [0.2, 0.25) is 0 Å². The highest BCUT2D eigenvalue weighted by molar-refractivity contribution is 6.03. The van der Waals surface area contributed by atoms with Crippen LogP contribution in [0.15, 0.2) is 59.6 Å². The summed E-state index contributed by atoms with van der Waals surface area (Å²) >= 11 is 0. The van der Waals surface area contributed by atoms with Gasteiger partial charge in [0.1, 0.15) is 5.84 Å². The van der Waals surface area contributed by atoms with Gasteiger partial charge in [-0.2, -0.15) is 0 Å². The Balaban J connectivity index is 1.74. The predicted octanol–water partition coefficient (Wildman–Crippen LogP) is 3.00. The average Bonchev–Trinajstić information content (AvgIpc) is 2.97. The minimum Gasteiger partial charge on any atom is -0.350 e. The fourth-order valence-corrected chi connectivity index (χ4v) is 2.88. The summed E-state index contributed by atoms with van der Waals surface area (Å²) in [6.45, 7) is 2.02. The average molecular weight is 234 g/mol. The van der Waals surface area contributed by atoms with E-state index in [1.54, 1.807) is 0 Å². The maximum Gasteiger partial charge on any atom is 0.132 e. The minimum absolute atomic E-state index is 0.301. The van der Waals surface area contributed by atoms with E-state index < -0.39 is 0 Å². The molecule has 2 aliphatic rings. The number of rotatable bonds is 1. The third-order valence-corrected chi connectivity index (χ3v) is 3.77. The molecule has 0 aliphatic carbocycles. The number of benzene rings is 2. The van der Waals surface area contributed by atoms with E-state index in [9.17, 15) is 0 Å². The van der Waals surface area contributed by atoms with Crippen LogP contribution in [0.1, 0.15) is 22.7 Å². The van der Waals surface area contributed by atoms with Crippen LogP contribution in [0, 0.1) is 0 Å². The van der Waals surface area contributed by atoms with Crippen LogP contribution in [0.25, 0.3) is 0 Å². The second-order valence-corrected chi connectivity index (χ2v) is 4.92. The van der Waals surface area contributed by atoms with Crippen molar-refractivity contribution < 1.29 is 0 Å². The van der Waals surface area contributed by atoms with Crippen molar-refractivity contribution in [1.29, 1.82) is 0 Å². The molecule has 88 valence electrons. The van der Waals surface area contributed by atoms with Crippen molar-refractivity contribution in [2.24, 2.45) is 4.99 Å². The molecule has 0 bridgehead atoms. The highest BCUT2D eigenvalue weighted by Gasteiger charge is 2.32. The highest BCUT2D eigenvalue weighted by Crippen LogP contribution is 2.33. The van der Waals surface area contributed by atoms with E-state index in [0.717, 1.165) is 13.1 Å². The number of hydrogen-bond donors (Lipinski definition) is 0. The molecule has 2 heteroatoms. The summed E-state index contributed by atoms with van der Waals surface area (Å²) in [5.41, 5.74) is 4.04. The molecule has 0 spiro atoms. The van der Waals surface area contributed by atoms with Gasteiger partial charge in [0.15, 0.2) is 0 Å². The van der Waals surface area contributed by atoms with Gasteiger partial charge in [-0.05, 0) is 11.1 Å². The second-order valence-electron chi connectivity index (χ2n) is 4.92. The Labute approximate surface area is 107 Å². The molecule has 2 aliphatic heterocycles. The van der Waals surface area contributed by atoms with Crippen LogP contribution in [-0.2, 0) is 6.54 Å². The first-order chi connectivity index (χ1) is 8.92. The maximum absolute atomic E-state index is 4.90. The first-order valence-electron chi connectivity index (χ1n) is 6.38. The summed E-state index contributed by atoms with van der Waals surface area (Å²) in [5, 5.41) is 0. The molecule has 0 N–H and O–H groups in total. The van der Waals surface area contributed by atoms with Gasteiger partial charge in [0.25, 0.3) is 0 Å². The molecule has 0 radical (unpaired) electrons. The van der Waals surface area contributed by atoms with Crippen LogP contribution in [0.3, 0.4) is 0 Å². The molecular weight excluding hydrogens is 220 g/mol. The number of fused-ring (bicyclic) bond motifs is 3. The molecule has 2 aromatic rings. The van der Waals surface area contributed by atoms with Crippen molar-refractivity contribution in [2.75, 3.05) is 6.54 Å². The quantitative estimate of drug-likeness (QED) is 0.740. The van der Waals surface area contributed by atoms with Gasteiger partial charge in [0, 0.05) is 18.7 Å². The lowest BCUT2D eigenvalue weighted by Crippen LogP contribution is -2.21. The lowest BCUT2D eigenvalue weighted by atomic mass is 10.1. The van der Waals surface area contributed by atoms with Crippen LogP contribution in [0.5, 0.6) is 0 Å². The molecule has 2 nitrogen and oxygen atoms in total. The summed E-state index contributed by atoms with van der Waals surface area (Å²) in [5.74, 6) is 1.18. The van der Waals surface area contributed by atoms with E-state index in [-0.39, 0.29) is 0 Å². The molecule has 1 atom stereocenters. The monoisotopic (exact) mass is 234 g/mol. The Hall–Kier alpha value is -2.09. The van der Waals surface area contributed by atoms with E-state index in [1.165, 1.54) is 22.5 Å². The molecular formula is C16H14N2. The Bertz CT molecular complexity index is 616. The molecule has 0 saturated heterocycles. The van der Waals surface area contributed by atoms with Gasteiger partial charge in [-0.3, -0.25) is 4.99 Å². The van der Waals surface area contributed by atoms with Crippen molar-refractivity contribution in [2.45, 2.75) is 12.6 Å². The third-order valence-electron chi connectivity index (χ3n) is 3.77. The maximum atomic E-state index is 4.90. The zero-order valence-corrected chi connectivity index (χ0v) is 10.1. The SMILES string of the molecule is c1ccc(C2CN3Cc4ccccc4C3=N2)cc1. The van der Waals surface area contributed by atoms with Crippen molar-refractivity contribution >= 4 is 5.84 Å². The Morgan fingerprint density at radius 1 is 0.944 bits per heavy atom. The molecule has 2 aromatic carbocycles. The van der Waals surface area contributed by atoms with Gasteiger partial charge in [0.05, 0.1) is 6.04 Å². The number of amidine groups is 1. The van der Waals surface area contributed by atoms with Crippen molar-refractivity contribution in [1.82, 2.24) is 4.90 Å². The highest BCUT2D eigenvalue weighted by atomic mass is 15.3. The number of nitrogens with zero attached hydrogens (tertiary/aromatic N) is 2. The summed E-state index contributed by atoms with van der Waals surface area (Å²) in [6.07, 6.45) is 0. The van der Waals surface area contributed by atoms with Gasteiger partial charge in [-0.25, -0.2) is 0 Å². The van der Waals surface area contributed by atoms with Crippen molar-refractivity contribution in [3.63, 3.8) is 0 Å². The molecule has 0 amide bonds. The van der Waals surface area contributed by atoms with Crippen LogP contribution in [0.4, 0.5) is 0 Å². The van der Waals surface area contributed by atoms with E-state index >= 15 is 0 Å². The van der Waals surface area contributed by atoms with Gasteiger partial charge in [0.2, 0.25) is 0 Å². The first kappa shape index (κ1) is 9.89. The molecule has 4 rings (SSSR count). The van der Waals surface area contributed by atoms with E-state index in [1.807, 2.05) is 0 Å². The molecule has 18 heavy (non-hydrogen) atoms. The first-order valence-corrected chi connectivity index (χ1v) is 6.38. The number of aliphatic imine (C=N–C) groups is 1. The standard InChI is InChI=1S/C16H14N2/c1-2-6-12(7-3-1)15-11-18-10-13-8-4-5-9-14(13)16(18)17-15/h1-9,15H,10-11H2. The lowest BCUT2D eigenvalue weighted by molar-refractivity contribution is 0.435. The fourth-order valence-electron chi connectivity index (χ4n) is 2.88. The summed E-state index contributed by atoms with van der Waals surface area (Å²) in [6, 6.07) is 19.5. The van der Waals surface area contributed by atoms with E-state index in [2.05, 4.69) is 59.5 Å². The van der Waals surface area contributed by atoms with Crippen LogP contribution >= 0.6 is 0 Å².